The SMILES string of the molecule is CC(CC#N)N(C)C(=O)CC1(CN)CCCCC1. The van der Waals surface area contributed by atoms with Crippen molar-refractivity contribution >= 4 is 5.91 Å². The van der Waals surface area contributed by atoms with Crippen molar-refractivity contribution in [2.24, 2.45) is 11.1 Å². The Kier molecular flexibility index (Phi) is 5.61. The lowest BCUT2D eigenvalue weighted by molar-refractivity contribution is -0.134. The van der Waals surface area contributed by atoms with Crippen LogP contribution in [0.25, 0.3) is 0 Å². The van der Waals surface area contributed by atoms with E-state index in [1.54, 1.807) is 11.9 Å². The second-order valence-electron chi connectivity index (χ2n) is 5.66. The van der Waals surface area contributed by atoms with E-state index in [0.717, 1.165) is 12.8 Å². The predicted octanol–water partition coefficient (Wildman–Crippen LogP) is 2.05. The molecule has 0 aromatic heterocycles. The monoisotopic (exact) mass is 251 g/mol. The highest BCUT2D eigenvalue weighted by atomic mass is 16.2. The van der Waals surface area contributed by atoms with Gasteiger partial charge in [-0.05, 0) is 31.7 Å². The highest BCUT2D eigenvalue weighted by Crippen LogP contribution is 2.38. The number of rotatable bonds is 5. The summed E-state index contributed by atoms with van der Waals surface area (Å²) in [5, 5.41) is 8.68. The summed E-state index contributed by atoms with van der Waals surface area (Å²) >= 11 is 0. The van der Waals surface area contributed by atoms with Crippen molar-refractivity contribution in [3.05, 3.63) is 0 Å². The molecule has 0 saturated heterocycles. The van der Waals surface area contributed by atoms with E-state index in [2.05, 4.69) is 6.07 Å². The molecule has 4 nitrogen and oxygen atoms in total. The summed E-state index contributed by atoms with van der Waals surface area (Å²) in [7, 11) is 1.79. The topological polar surface area (TPSA) is 70.1 Å². The van der Waals surface area contributed by atoms with Crippen LogP contribution in [-0.2, 0) is 4.79 Å². The van der Waals surface area contributed by atoms with Gasteiger partial charge in [-0.25, -0.2) is 0 Å². The molecule has 18 heavy (non-hydrogen) atoms. The minimum Gasteiger partial charge on any atom is -0.342 e. The Bertz CT molecular complexity index is 315. The molecule has 102 valence electrons. The number of carbonyl (C=O) groups is 1. The van der Waals surface area contributed by atoms with Crippen molar-refractivity contribution in [2.45, 2.75) is 57.9 Å². The van der Waals surface area contributed by atoms with Crippen LogP contribution < -0.4 is 5.73 Å². The number of hydrogen-bond acceptors (Lipinski definition) is 3. The van der Waals surface area contributed by atoms with E-state index in [0.29, 0.717) is 19.4 Å². The van der Waals surface area contributed by atoms with Crippen LogP contribution in [0, 0.1) is 16.7 Å². The van der Waals surface area contributed by atoms with Crippen LogP contribution in [0.3, 0.4) is 0 Å². The summed E-state index contributed by atoms with van der Waals surface area (Å²) in [5.41, 5.74) is 5.91. The Balaban J connectivity index is 2.59. The summed E-state index contributed by atoms with van der Waals surface area (Å²) in [6.07, 6.45) is 6.68. The van der Waals surface area contributed by atoms with E-state index in [9.17, 15) is 4.79 Å². The molecule has 0 aliphatic heterocycles. The Morgan fingerprint density at radius 2 is 2.06 bits per heavy atom. The van der Waals surface area contributed by atoms with Gasteiger partial charge in [0.25, 0.3) is 0 Å². The molecular formula is C14H25N3O. The van der Waals surface area contributed by atoms with E-state index in [-0.39, 0.29) is 17.4 Å². The smallest absolute Gasteiger partial charge is 0.223 e. The molecule has 0 spiro atoms. The van der Waals surface area contributed by atoms with E-state index in [4.69, 9.17) is 11.0 Å². The average molecular weight is 251 g/mol. The summed E-state index contributed by atoms with van der Waals surface area (Å²) < 4.78 is 0. The molecule has 1 saturated carbocycles. The average Bonchev–Trinajstić information content (AvgIpc) is 2.39. The molecular weight excluding hydrogens is 226 g/mol. The van der Waals surface area contributed by atoms with E-state index in [1.165, 1.54) is 19.3 Å². The largest absolute Gasteiger partial charge is 0.342 e. The summed E-state index contributed by atoms with van der Waals surface area (Å²) in [6.45, 7) is 2.51. The second-order valence-corrected chi connectivity index (χ2v) is 5.66. The Morgan fingerprint density at radius 3 is 2.56 bits per heavy atom. The highest BCUT2D eigenvalue weighted by Gasteiger charge is 2.34. The van der Waals surface area contributed by atoms with Crippen molar-refractivity contribution in [1.82, 2.24) is 4.90 Å². The molecule has 0 radical (unpaired) electrons. The van der Waals surface area contributed by atoms with Gasteiger partial charge in [0.05, 0.1) is 12.5 Å². The van der Waals surface area contributed by atoms with Crippen LogP contribution >= 0.6 is 0 Å². The van der Waals surface area contributed by atoms with Crippen LogP contribution in [0.1, 0.15) is 51.9 Å². The third-order valence-corrected chi connectivity index (χ3v) is 4.31. The summed E-state index contributed by atoms with van der Waals surface area (Å²) in [4.78, 5) is 14.0. The molecule has 0 bridgehead atoms. The first-order valence-electron chi connectivity index (χ1n) is 6.87. The number of nitrogens with zero attached hydrogens (tertiary/aromatic N) is 2. The molecule has 0 aromatic carbocycles. The van der Waals surface area contributed by atoms with Gasteiger partial charge >= 0.3 is 0 Å². The van der Waals surface area contributed by atoms with Crippen LogP contribution in [-0.4, -0.2) is 30.4 Å². The lowest BCUT2D eigenvalue weighted by Crippen LogP contribution is -2.42. The second kappa shape index (κ2) is 6.75. The highest BCUT2D eigenvalue weighted by molar-refractivity contribution is 5.77. The van der Waals surface area contributed by atoms with Crippen molar-refractivity contribution in [3.63, 3.8) is 0 Å². The Morgan fingerprint density at radius 1 is 1.44 bits per heavy atom. The van der Waals surface area contributed by atoms with Gasteiger partial charge in [0, 0.05) is 19.5 Å². The standard InChI is InChI=1S/C14H25N3O/c1-12(6-9-15)17(2)13(18)10-14(11-16)7-4-3-5-8-14/h12H,3-8,10-11,16H2,1-2H3. The molecule has 0 heterocycles. The molecule has 1 amide bonds. The Hall–Kier alpha value is -1.08. The maximum absolute atomic E-state index is 12.3. The zero-order valence-corrected chi connectivity index (χ0v) is 11.6. The van der Waals surface area contributed by atoms with E-state index >= 15 is 0 Å². The van der Waals surface area contributed by atoms with Crippen molar-refractivity contribution in [3.8, 4) is 6.07 Å². The molecule has 2 N–H and O–H groups in total. The summed E-state index contributed by atoms with van der Waals surface area (Å²) in [5.74, 6) is 0.130. The number of hydrogen-bond donors (Lipinski definition) is 1. The van der Waals surface area contributed by atoms with Crippen LogP contribution in [0.15, 0.2) is 0 Å². The maximum Gasteiger partial charge on any atom is 0.223 e. The molecule has 1 aliphatic rings. The Labute approximate surface area is 110 Å². The molecule has 1 fully saturated rings. The molecule has 4 heteroatoms. The number of nitriles is 1. The number of amides is 1. The van der Waals surface area contributed by atoms with Gasteiger partial charge in [-0.1, -0.05) is 19.3 Å². The van der Waals surface area contributed by atoms with Crippen LogP contribution in [0.2, 0.25) is 0 Å². The van der Waals surface area contributed by atoms with Crippen molar-refractivity contribution in [2.75, 3.05) is 13.6 Å². The van der Waals surface area contributed by atoms with Crippen LogP contribution in [0.4, 0.5) is 0 Å². The number of nitrogens with two attached hydrogens (primary N) is 1. The van der Waals surface area contributed by atoms with Crippen molar-refractivity contribution < 1.29 is 4.79 Å². The quantitative estimate of drug-likeness (QED) is 0.813. The van der Waals surface area contributed by atoms with Gasteiger partial charge in [-0.3, -0.25) is 4.79 Å². The molecule has 0 aromatic rings. The first kappa shape index (κ1) is 15.0. The van der Waals surface area contributed by atoms with Gasteiger partial charge in [0.15, 0.2) is 0 Å². The normalized spacial score (nSPS) is 19.9. The zero-order chi connectivity index (χ0) is 13.6. The molecule has 1 atom stereocenters. The first-order chi connectivity index (χ1) is 8.54. The third kappa shape index (κ3) is 3.71. The first-order valence-corrected chi connectivity index (χ1v) is 6.87. The van der Waals surface area contributed by atoms with E-state index < -0.39 is 0 Å². The fourth-order valence-electron chi connectivity index (χ4n) is 2.72. The van der Waals surface area contributed by atoms with Gasteiger partial charge < -0.3 is 10.6 Å². The minimum absolute atomic E-state index is 0.00988. The van der Waals surface area contributed by atoms with Gasteiger partial charge in [0.1, 0.15) is 0 Å². The maximum atomic E-state index is 12.3. The fourth-order valence-corrected chi connectivity index (χ4v) is 2.72. The fraction of sp³-hybridized carbons (Fsp3) is 0.857. The van der Waals surface area contributed by atoms with E-state index in [1.807, 2.05) is 6.92 Å². The minimum atomic E-state index is -0.0130. The molecule has 1 unspecified atom stereocenters. The number of carbonyl (C=O) groups excluding carboxylic acids is 1. The predicted molar refractivity (Wildman–Crippen MR) is 71.7 cm³/mol. The molecule has 1 rings (SSSR count). The zero-order valence-electron chi connectivity index (χ0n) is 11.6. The summed E-state index contributed by atoms with van der Waals surface area (Å²) in [6, 6.07) is 2.10. The molecule has 1 aliphatic carbocycles. The lowest BCUT2D eigenvalue weighted by atomic mass is 9.71. The van der Waals surface area contributed by atoms with Crippen molar-refractivity contribution in [1.29, 1.82) is 5.26 Å². The van der Waals surface area contributed by atoms with Gasteiger partial charge in [-0.15, -0.1) is 0 Å². The third-order valence-electron chi connectivity index (χ3n) is 4.31. The van der Waals surface area contributed by atoms with Crippen LogP contribution in [0.5, 0.6) is 0 Å². The van der Waals surface area contributed by atoms with Gasteiger partial charge in [-0.2, -0.15) is 5.26 Å². The van der Waals surface area contributed by atoms with Gasteiger partial charge in [0.2, 0.25) is 5.91 Å². The lowest BCUT2D eigenvalue weighted by Gasteiger charge is -2.37.